The number of hydrogen-bond acceptors (Lipinski definition) is 4. The Kier molecular flexibility index (Phi) is 6.94. The molecule has 0 aromatic heterocycles. The first kappa shape index (κ1) is 27.2. The summed E-state index contributed by atoms with van der Waals surface area (Å²) in [6, 6.07) is 29.9. The number of carboxylic acid groups (broad SMARTS) is 1. The molecule has 7 heteroatoms. The Morgan fingerprint density at radius 3 is 1.78 bits per heavy atom. The van der Waals surface area contributed by atoms with Gasteiger partial charge in [-0.1, -0.05) is 105 Å². The topological polar surface area (TPSA) is 80.9 Å². The lowest BCUT2D eigenvalue weighted by molar-refractivity contribution is -0.152. The summed E-state index contributed by atoms with van der Waals surface area (Å²) in [5.41, 5.74) is 1.96. The van der Waals surface area contributed by atoms with Crippen molar-refractivity contribution in [2.45, 2.75) is 44.3 Å². The summed E-state index contributed by atoms with van der Waals surface area (Å²) in [5, 5.41) is 9.80. The monoisotopic (exact) mass is 551 g/mol. The molecule has 212 valence electrons. The summed E-state index contributed by atoms with van der Waals surface area (Å²) < 4.78 is 0. The fraction of sp³-hybridized carbons (Fsp3) is 0.382. The van der Waals surface area contributed by atoms with Crippen LogP contribution in [-0.2, 0) is 19.9 Å². The molecule has 0 radical (unpaired) electrons. The third kappa shape index (κ3) is 4.43. The molecule has 0 bridgehead atoms. The smallest absolute Gasteiger partial charge is 0.326 e. The highest BCUT2D eigenvalue weighted by Gasteiger charge is 2.59. The molecule has 0 saturated carbocycles. The minimum Gasteiger partial charge on any atom is -0.480 e. The first-order chi connectivity index (χ1) is 19.8. The molecule has 4 atom stereocenters. The van der Waals surface area contributed by atoms with Gasteiger partial charge in [0.2, 0.25) is 11.8 Å². The zero-order valence-corrected chi connectivity index (χ0v) is 23.6. The molecule has 6 rings (SSSR count). The van der Waals surface area contributed by atoms with E-state index < -0.39 is 23.0 Å². The van der Waals surface area contributed by atoms with Crippen molar-refractivity contribution in [2.24, 2.45) is 11.3 Å². The third-order valence-corrected chi connectivity index (χ3v) is 9.33. The molecule has 3 fully saturated rings. The minimum absolute atomic E-state index is 0.0407. The number of carbonyl (C=O) groups is 3. The maximum Gasteiger partial charge on any atom is 0.326 e. The van der Waals surface area contributed by atoms with Crippen molar-refractivity contribution in [3.05, 3.63) is 108 Å². The molecule has 0 aliphatic carbocycles. The molecule has 3 heterocycles. The van der Waals surface area contributed by atoms with Gasteiger partial charge >= 0.3 is 5.97 Å². The molecule has 2 unspecified atom stereocenters. The second-order valence-corrected chi connectivity index (χ2v) is 12.0. The van der Waals surface area contributed by atoms with Gasteiger partial charge in [0.05, 0.1) is 11.0 Å². The summed E-state index contributed by atoms with van der Waals surface area (Å²) in [6.07, 6.45) is 1.16. The predicted molar refractivity (Wildman–Crippen MR) is 156 cm³/mol. The van der Waals surface area contributed by atoms with Crippen LogP contribution in [0.15, 0.2) is 91.0 Å². The van der Waals surface area contributed by atoms with E-state index in [-0.39, 0.29) is 23.8 Å². The van der Waals surface area contributed by atoms with E-state index in [1.807, 2.05) is 73.3 Å². The number of carboxylic acids is 1. The Morgan fingerprint density at radius 1 is 0.829 bits per heavy atom. The molecule has 2 amide bonds. The number of rotatable bonds is 8. The van der Waals surface area contributed by atoms with Crippen LogP contribution in [0, 0.1) is 11.3 Å². The minimum atomic E-state index is -0.968. The largest absolute Gasteiger partial charge is 0.480 e. The number of aliphatic carboxylic acids is 1. The van der Waals surface area contributed by atoms with E-state index in [0.29, 0.717) is 39.0 Å². The number of nitrogens with zero attached hydrogens (tertiary/aromatic N) is 3. The van der Waals surface area contributed by atoms with Gasteiger partial charge in [-0.15, -0.1) is 0 Å². The predicted octanol–water partition coefficient (Wildman–Crippen LogP) is 4.22. The van der Waals surface area contributed by atoms with E-state index in [9.17, 15) is 19.5 Å². The van der Waals surface area contributed by atoms with Crippen molar-refractivity contribution < 1.29 is 19.5 Å². The molecule has 3 aliphatic heterocycles. The molecular formula is C34H37N3O4. The van der Waals surface area contributed by atoms with Crippen LogP contribution < -0.4 is 0 Å². The fourth-order valence-electron chi connectivity index (χ4n) is 7.30. The Balaban J connectivity index is 1.29. The Labute approximate surface area is 241 Å². The van der Waals surface area contributed by atoms with Crippen LogP contribution in [0.5, 0.6) is 0 Å². The average molecular weight is 552 g/mol. The molecule has 7 nitrogen and oxygen atoms in total. The molecule has 1 N–H and O–H groups in total. The van der Waals surface area contributed by atoms with Crippen molar-refractivity contribution >= 4 is 17.8 Å². The van der Waals surface area contributed by atoms with Crippen molar-refractivity contribution in [1.29, 1.82) is 0 Å². The van der Waals surface area contributed by atoms with Crippen molar-refractivity contribution in [1.82, 2.24) is 14.7 Å². The van der Waals surface area contributed by atoms with Crippen molar-refractivity contribution in [3.8, 4) is 0 Å². The van der Waals surface area contributed by atoms with E-state index >= 15 is 0 Å². The van der Waals surface area contributed by atoms with Crippen LogP contribution in [-0.4, -0.2) is 75.9 Å². The molecule has 3 aliphatic rings. The average Bonchev–Trinajstić information content (AvgIpc) is 3.57. The second kappa shape index (κ2) is 10.5. The Bertz CT molecular complexity index is 1330. The van der Waals surface area contributed by atoms with Gasteiger partial charge in [-0.2, -0.15) is 0 Å². The zero-order valence-electron chi connectivity index (χ0n) is 23.6. The van der Waals surface area contributed by atoms with Gasteiger partial charge < -0.3 is 14.9 Å². The van der Waals surface area contributed by atoms with Crippen LogP contribution in [0.1, 0.15) is 43.4 Å². The summed E-state index contributed by atoms with van der Waals surface area (Å²) in [4.78, 5) is 45.4. The molecule has 3 saturated heterocycles. The van der Waals surface area contributed by atoms with Crippen molar-refractivity contribution in [3.63, 3.8) is 0 Å². The third-order valence-electron chi connectivity index (χ3n) is 9.33. The standard InChI is InChI=1S/C34H37N3O4/c1-24(2)29(31(39)40)36-21-19-33(32(36)41)18-20-35(23-33)30(38)28-22-37(28)34(25-12-6-3-7-13-25,26-14-8-4-9-15-26)27-16-10-5-11-17-27/h3-17,24,28-29H,18-23H2,1-2H3,(H,39,40)/t28-,29-,33?,37?/m0/s1. The fourth-order valence-corrected chi connectivity index (χ4v) is 7.30. The van der Waals surface area contributed by atoms with E-state index in [1.165, 1.54) is 4.90 Å². The van der Waals surface area contributed by atoms with Gasteiger partial charge in [0, 0.05) is 26.2 Å². The molecular weight excluding hydrogens is 514 g/mol. The number of benzene rings is 3. The van der Waals surface area contributed by atoms with Crippen molar-refractivity contribution in [2.75, 3.05) is 26.2 Å². The van der Waals surface area contributed by atoms with Crippen LogP contribution >= 0.6 is 0 Å². The highest BCUT2D eigenvalue weighted by atomic mass is 16.4. The van der Waals surface area contributed by atoms with E-state index in [2.05, 4.69) is 41.3 Å². The molecule has 1 spiro atoms. The van der Waals surface area contributed by atoms with Crippen LogP contribution in [0.2, 0.25) is 0 Å². The van der Waals surface area contributed by atoms with Crippen LogP contribution in [0.3, 0.4) is 0 Å². The number of carbonyl (C=O) groups excluding carboxylic acids is 2. The number of amides is 2. The maximum absolute atomic E-state index is 14.1. The Morgan fingerprint density at radius 2 is 1.32 bits per heavy atom. The normalized spacial score (nSPS) is 24.7. The second-order valence-electron chi connectivity index (χ2n) is 12.0. The van der Waals surface area contributed by atoms with E-state index in [4.69, 9.17) is 0 Å². The highest BCUT2D eigenvalue weighted by Crippen LogP contribution is 2.49. The summed E-state index contributed by atoms with van der Waals surface area (Å²) >= 11 is 0. The van der Waals surface area contributed by atoms with Gasteiger partial charge in [0.1, 0.15) is 12.1 Å². The highest BCUT2D eigenvalue weighted by molar-refractivity contribution is 5.92. The summed E-state index contributed by atoms with van der Waals surface area (Å²) in [7, 11) is 0. The molecule has 3 aromatic rings. The quantitative estimate of drug-likeness (QED) is 0.335. The summed E-state index contributed by atoms with van der Waals surface area (Å²) in [6.45, 7) is 5.56. The Hall–Kier alpha value is -3.97. The first-order valence-corrected chi connectivity index (χ1v) is 14.6. The van der Waals surface area contributed by atoms with Gasteiger partial charge in [-0.05, 0) is 35.4 Å². The number of hydrogen-bond donors (Lipinski definition) is 1. The lowest BCUT2D eigenvalue weighted by Crippen LogP contribution is -2.48. The lowest BCUT2D eigenvalue weighted by atomic mass is 9.76. The van der Waals surface area contributed by atoms with E-state index in [0.717, 1.165) is 16.7 Å². The molecule has 41 heavy (non-hydrogen) atoms. The SMILES string of the molecule is CC(C)[C@@H](C(=O)O)N1CCC2(CCN(C(=O)[C@@H]3CN3C(c3ccccc3)(c3ccccc3)c3ccccc3)C2)C1=O. The first-order valence-electron chi connectivity index (χ1n) is 14.6. The van der Waals surface area contributed by atoms with Gasteiger partial charge in [0.25, 0.3) is 0 Å². The summed E-state index contributed by atoms with van der Waals surface area (Å²) in [5.74, 6) is -1.23. The lowest BCUT2D eigenvalue weighted by Gasteiger charge is -2.38. The van der Waals surface area contributed by atoms with E-state index in [1.54, 1.807) is 0 Å². The van der Waals surface area contributed by atoms with Gasteiger partial charge in [-0.3, -0.25) is 14.5 Å². The van der Waals surface area contributed by atoms with Crippen LogP contribution in [0.25, 0.3) is 0 Å². The van der Waals surface area contributed by atoms with Gasteiger partial charge in [-0.25, -0.2) is 4.79 Å². The van der Waals surface area contributed by atoms with Crippen LogP contribution in [0.4, 0.5) is 0 Å². The molecule has 3 aromatic carbocycles. The zero-order chi connectivity index (χ0) is 28.8. The maximum atomic E-state index is 14.1. The number of likely N-dealkylation sites (tertiary alicyclic amines) is 2. The van der Waals surface area contributed by atoms with Gasteiger partial charge in [0.15, 0.2) is 0 Å².